The van der Waals surface area contributed by atoms with Crippen LogP contribution in [-0.2, 0) is 20.6 Å². The van der Waals surface area contributed by atoms with Crippen molar-refractivity contribution in [1.82, 2.24) is 9.88 Å². The molecule has 1 saturated heterocycles. The summed E-state index contributed by atoms with van der Waals surface area (Å²) in [4.78, 5) is 13.8. The highest BCUT2D eigenvalue weighted by Gasteiger charge is 2.33. The van der Waals surface area contributed by atoms with E-state index < -0.39 is 16.1 Å². The molecule has 0 saturated carbocycles. The highest BCUT2D eigenvalue weighted by Crippen LogP contribution is 2.23. The van der Waals surface area contributed by atoms with E-state index in [0.717, 1.165) is 5.69 Å². The monoisotopic (exact) mass is 371 g/mol. The number of para-hydroxylation sites is 2. The minimum absolute atomic E-state index is 0.101. The van der Waals surface area contributed by atoms with Crippen LogP contribution < -0.4 is 9.62 Å². The van der Waals surface area contributed by atoms with Crippen LogP contribution >= 0.6 is 0 Å². The number of anilines is 1. The Kier molecular flexibility index (Phi) is 4.21. The van der Waals surface area contributed by atoms with E-state index in [1.165, 1.54) is 0 Å². The van der Waals surface area contributed by atoms with Crippen LogP contribution in [-0.4, -0.2) is 32.1 Å². The molecule has 1 aliphatic rings. The van der Waals surface area contributed by atoms with E-state index in [1.807, 2.05) is 30.3 Å². The van der Waals surface area contributed by atoms with Gasteiger partial charge >= 0.3 is 0 Å². The molecule has 1 N–H and O–H groups in total. The first-order valence-corrected chi connectivity index (χ1v) is 9.86. The third-order valence-corrected chi connectivity index (χ3v) is 5.66. The molecule has 4 rings (SSSR count). The van der Waals surface area contributed by atoms with Crippen molar-refractivity contribution in [1.29, 1.82) is 0 Å². The van der Waals surface area contributed by atoms with Crippen LogP contribution in [0.4, 0.5) is 5.69 Å². The maximum atomic E-state index is 12.5. The number of rotatable bonds is 5. The van der Waals surface area contributed by atoms with Gasteiger partial charge < -0.3 is 9.42 Å². The number of carbonyl (C=O) groups is 1. The predicted octanol–water partition coefficient (Wildman–Crippen LogP) is 2.05. The molecule has 1 aromatic heterocycles. The fraction of sp³-hybridized carbons (Fsp3) is 0.222. The molecule has 0 spiro atoms. The largest absolute Gasteiger partial charge is 0.356 e. The Morgan fingerprint density at radius 1 is 1.12 bits per heavy atom. The first-order chi connectivity index (χ1) is 12.5. The van der Waals surface area contributed by atoms with E-state index in [0.29, 0.717) is 23.2 Å². The first-order valence-electron chi connectivity index (χ1n) is 8.20. The van der Waals surface area contributed by atoms with Crippen molar-refractivity contribution in [2.75, 3.05) is 11.4 Å². The second-order valence-corrected chi connectivity index (χ2v) is 8.00. The zero-order valence-electron chi connectivity index (χ0n) is 13.8. The number of benzene rings is 2. The molecule has 0 aliphatic carbocycles. The summed E-state index contributed by atoms with van der Waals surface area (Å²) >= 11 is 0. The molecule has 1 fully saturated rings. The highest BCUT2D eigenvalue weighted by atomic mass is 32.2. The van der Waals surface area contributed by atoms with Crippen LogP contribution in [0.25, 0.3) is 11.0 Å². The summed E-state index contributed by atoms with van der Waals surface area (Å²) in [6.45, 7) is 0.307. The van der Waals surface area contributed by atoms with Crippen molar-refractivity contribution < 1.29 is 17.7 Å². The normalized spacial score (nSPS) is 17.9. The molecule has 3 aromatic rings. The minimum atomic E-state index is -3.66. The van der Waals surface area contributed by atoms with Gasteiger partial charge in [-0.05, 0) is 24.3 Å². The standard InChI is InChI=1S/C18H17N3O4S/c22-18-10-13(11-21(18)14-6-2-1-3-7-14)20-26(23,24)12-16-15-8-4-5-9-17(15)25-19-16/h1-9,13,20H,10-12H2. The number of nitrogens with one attached hydrogen (secondary N) is 1. The lowest BCUT2D eigenvalue weighted by Gasteiger charge is -2.17. The third kappa shape index (κ3) is 3.33. The second kappa shape index (κ2) is 6.54. The number of fused-ring (bicyclic) bond motifs is 1. The van der Waals surface area contributed by atoms with Gasteiger partial charge in [-0.15, -0.1) is 0 Å². The fourth-order valence-corrected chi connectivity index (χ4v) is 4.48. The Balaban J connectivity index is 1.47. The molecule has 0 radical (unpaired) electrons. The van der Waals surface area contributed by atoms with Gasteiger partial charge in [0.25, 0.3) is 0 Å². The van der Waals surface area contributed by atoms with E-state index in [1.54, 1.807) is 29.2 Å². The Morgan fingerprint density at radius 2 is 1.85 bits per heavy atom. The quantitative estimate of drug-likeness (QED) is 0.741. The van der Waals surface area contributed by atoms with Gasteiger partial charge in [-0.2, -0.15) is 0 Å². The van der Waals surface area contributed by atoms with Gasteiger partial charge in [0.15, 0.2) is 5.58 Å². The number of nitrogens with zero attached hydrogens (tertiary/aromatic N) is 2. The van der Waals surface area contributed by atoms with Gasteiger partial charge in [-0.25, -0.2) is 13.1 Å². The summed E-state index contributed by atoms with van der Waals surface area (Å²) in [5.74, 6) is -0.393. The van der Waals surface area contributed by atoms with E-state index in [4.69, 9.17) is 4.52 Å². The SMILES string of the molecule is O=C1CC(NS(=O)(=O)Cc2noc3ccccc23)CN1c1ccccc1. The highest BCUT2D eigenvalue weighted by molar-refractivity contribution is 7.88. The third-order valence-electron chi connectivity index (χ3n) is 4.32. The first kappa shape index (κ1) is 16.7. The van der Waals surface area contributed by atoms with Crippen molar-refractivity contribution in [3.8, 4) is 0 Å². The van der Waals surface area contributed by atoms with Gasteiger partial charge in [0.2, 0.25) is 15.9 Å². The smallest absolute Gasteiger partial charge is 0.228 e. The number of aromatic nitrogens is 1. The molecule has 2 heterocycles. The molecule has 2 aromatic carbocycles. The molecule has 1 atom stereocenters. The number of sulfonamides is 1. The summed E-state index contributed by atoms with van der Waals surface area (Å²) in [6, 6.07) is 15.9. The molecule has 1 amide bonds. The maximum absolute atomic E-state index is 12.5. The van der Waals surface area contributed by atoms with Crippen molar-refractivity contribution in [2.45, 2.75) is 18.2 Å². The van der Waals surface area contributed by atoms with Crippen molar-refractivity contribution in [3.63, 3.8) is 0 Å². The zero-order valence-corrected chi connectivity index (χ0v) is 14.6. The van der Waals surface area contributed by atoms with Crippen LogP contribution in [0.5, 0.6) is 0 Å². The van der Waals surface area contributed by atoms with Crippen LogP contribution in [0.3, 0.4) is 0 Å². The summed E-state index contributed by atoms with van der Waals surface area (Å²) in [5, 5.41) is 4.53. The van der Waals surface area contributed by atoms with Crippen LogP contribution in [0, 0.1) is 0 Å². The Hall–Kier alpha value is -2.71. The zero-order chi connectivity index (χ0) is 18.1. The average Bonchev–Trinajstić information content (AvgIpc) is 3.18. The minimum Gasteiger partial charge on any atom is -0.356 e. The van der Waals surface area contributed by atoms with E-state index >= 15 is 0 Å². The topological polar surface area (TPSA) is 92.5 Å². The fourth-order valence-electron chi connectivity index (χ4n) is 3.16. The predicted molar refractivity (Wildman–Crippen MR) is 97.0 cm³/mol. The lowest BCUT2D eigenvalue weighted by atomic mass is 10.2. The lowest BCUT2D eigenvalue weighted by Crippen LogP contribution is -2.37. The summed E-state index contributed by atoms with van der Waals surface area (Å²) in [7, 11) is -3.66. The Bertz CT molecular complexity index is 1050. The van der Waals surface area contributed by atoms with Crippen molar-refractivity contribution in [2.24, 2.45) is 0 Å². The molecular formula is C18H17N3O4S. The van der Waals surface area contributed by atoms with Crippen LogP contribution in [0.15, 0.2) is 59.1 Å². The van der Waals surface area contributed by atoms with Crippen LogP contribution in [0.2, 0.25) is 0 Å². The Morgan fingerprint density at radius 3 is 2.65 bits per heavy atom. The Labute approximate surface area is 150 Å². The van der Waals surface area contributed by atoms with Gasteiger partial charge in [0.05, 0.1) is 0 Å². The molecule has 0 bridgehead atoms. The van der Waals surface area contributed by atoms with Crippen molar-refractivity contribution in [3.05, 3.63) is 60.3 Å². The number of hydrogen-bond donors (Lipinski definition) is 1. The molecular weight excluding hydrogens is 354 g/mol. The molecule has 134 valence electrons. The number of amides is 1. The van der Waals surface area contributed by atoms with Crippen molar-refractivity contribution >= 4 is 32.6 Å². The molecule has 26 heavy (non-hydrogen) atoms. The summed E-state index contributed by atoms with van der Waals surface area (Å²) in [6.07, 6.45) is 0.133. The van der Waals surface area contributed by atoms with E-state index in [2.05, 4.69) is 9.88 Å². The molecule has 1 aliphatic heterocycles. The number of carbonyl (C=O) groups excluding carboxylic acids is 1. The molecule has 8 heteroatoms. The van der Waals surface area contributed by atoms with E-state index in [9.17, 15) is 13.2 Å². The number of hydrogen-bond acceptors (Lipinski definition) is 5. The van der Waals surface area contributed by atoms with Gasteiger partial charge in [-0.3, -0.25) is 4.79 Å². The summed E-state index contributed by atoms with van der Waals surface area (Å²) < 4.78 is 32.8. The lowest BCUT2D eigenvalue weighted by molar-refractivity contribution is -0.117. The maximum Gasteiger partial charge on any atom is 0.228 e. The van der Waals surface area contributed by atoms with Gasteiger partial charge in [0, 0.05) is 30.1 Å². The second-order valence-electron chi connectivity index (χ2n) is 6.24. The van der Waals surface area contributed by atoms with Crippen LogP contribution in [0.1, 0.15) is 12.1 Å². The molecule has 1 unspecified atom stereocenters. The van der Waals surface area contributed by atoms with Gasteiger partial charge in [0.1, 0.15) is 11.4 Å². The molecule has 7 nitrogen and oxygen atoms in total. The van der Waals surface area contributed by atoms with E-state index in [-0.39, 0.29) is 18.1 Å². The summed E-state index contributed by atoms with van der Waals surface area (Å²) in [5.41, 5.74) is 1.67. The average molecular weight is 371 g/mol. The van der Waals surface area contributed by atoms with Gasteiger partial charge in [-0.1, -0.05) is 35.5 Å².